The fourth-order valence-electron chi connectivity index (χ4n) is 1.07. The molecule has 0 amide bonds. The van der Waals surface area contributed by atoms with Crippen LogP contribution in [0, 0.1) is 0 Å². The highest BCUT2D eigenvalue weighted by atomic mass is 35.5. The van der Waals surface area contributed by atoms with Crippen molar-refractivity contribution in [2.75, 3.05) is 7.11 Å². The lowest BCUT2D eigenvalue weighted by atomic mass is 10.1. The van der Waals surface area contributed by atoms with Gasteiger partial charge in [-0.1, -0.05) is 11.6 Å². The number of ether oxygens (including phenoxy) is 1. The Hall–Kier alpha value is -1.16. The van der Waals surface area contributed by atoms with Crippen LogP contribution >= 0.6 is 11.6 Å². The Morgan fingerprint density at radius 2 is 2.00 bits per heavy atom. The van der Waals surface area contributed by atoms with Gasteiger partial charge in [0.15, 0.2) is 0 Å². The Morgan fingerprint density at radius 3 is 2.53 bits per heavy atom. The molecule has 0 unspecified atom stereocenters. The summed E-state index contributed by atoms with van der Waals surface area (Å²) in [6.07, 6.45) is -2.01. The van der Waals surface area contributed by atoms with E-state index in [0.29, 0.717) is 0 Å². The normalized spacial score (nSPS) is 12.1. The molecule has 5 heteroatoms. The maximum Gasteiger partial charge on any atom is 0.416 e. The molecule has 0 spiro atoms. The molecule has 1 nitrogen and oxygen atoms in total. The second kappa shape index (κ2) is 4.57. The molecular weight excluding hydrogens is 229 g/mol. The first-order valence-corrected chi connectivity index (χ1v) is 4.39. The van der Waals surface area contributed by atoms with Crippen LogP contribution in [-0.4, -0.2) is 7.11 Å². The summed E-state index contributed by atoms with van der Waals surface area (Å²) in [5, 5.41) is 0.249. The van der Waals surface area contributed by atoms with Gasteiger partial charge in [-0.3, -0.25) is 0 Å². The van der Waals surface area contributed by atoms with Gasteiger partial charge in [-0.25, -0.2) is 0 Å². The molecule has 1 aromatic carbocycles. The predicted molar refractivity (Wildman–Crippen MR) is 52.5 cm³/mol. The smallest absolute Gasteiger partial charge is 0.416 e. The molecule has 0 aliphatic rings. The summed E-state index contributed by atoms with van der Waals surface area (Å²) in [6, 6.07) is 3.38. The van der Waals surface area contributed by atoms with E-state index in [1.807, 2.05) is 0 Å². The van der Waals surface area contributed by atoms with Crippen molar-refractivity contribution < 1.29 is 17.9 Å². The molecular formula is C10H8ClF3O. The molecule has 0 aliphatic carbocycles. The zero-order chi connectivity index (χ0) is 11.5. The number of alkyl halides is 3. The lowest BCUT2D eigenvalue weighted by Crippen LogP contribution is -2.07. The topological polar surface area (TPSA) is 9.23 Å². The molecule has 1 rings (SSSR count). The number of halogens is 4. The van der Waals surface area contributed by atoms with Crippen LogP contribution in [0.1, 0.15) is 11.1 Å². The van der Waals surface area contributed by atoms with E-state index in [1.54, 1.807) is 0 Å². The van der Waals surface area contributed by atoms with E-state index in [2.05, 4.69) is 4.74 Å². The Morgan fingerprint density at radius 1 is 1.33 bits per heavy atom. The SMILES string of the molecule is CO/C=C/c1cc(Cl)ccc1C(F)(F)F. The molecule has 0 saturated carbocycles. The number of rotatable bonds is 2. The highest BCUT2D eigenvalue weighted by Gasteiger charge is 2.32. The number of hydrogen-bond donors (Lipinski definition) is 0. The van der Waals surface area contributed by atoms with Crippen LogP contribution in [0.3, 0.4) is 0 Å². The van der Waals surface area contributed by atoms with Gasteiger partial charge in [0.25, 0.3) is 0 Å². The molecule has 0 fully saturated rings. The molecule has 0 N–H and O–H groups in total. The molecule has 0 atom stereocenters. The molecule has 0 radical (unpaired) electrons. The molecule has 82 valence electrons. The second-order valence-electron chi connectivity index (χ2n) is 2.77. The van der Waals surface area contributed by atoms with Crippen molar-refractivity contribution in [2.24, 2.45) is 0 Å². The van der Waals surface area contributed by atoms with Crippen LogP contribution < -0.4 is 0 Å². The maximum atomic E-state index is 12.5. The first kappa shape index (κ1) is 11.9. The van der Waals surface area contributed by atoms with Gasteiger partial charge < -0.3 is 4.74 Å². The van der Waals surface area contributed by atoms with E-state index in [9.17, 15) is 13.2 Å². The van der Waals surface area contributed by atoms with Crippen LogP contribution in [0.2, 0.25) is 5.02 Å². The minimum Gasteiger partial charge on any atom is -0.504 e. The van der Waals surface area contributed by atoms with Crippen molar-refractivity contribution >= 4 is 17.7 Å². The number of methoxy groups -OCH3 is 1. The first-order valence-electron chi connectivity index (χ1n) is 4.01. The van der Waals surface area contributed by atoms with Crippen molar-refractivity contribution in [3.63, 3.8) is 0 Å². The third kappa shape index (κ3) is 3.16. The largest absolute Gasteiger partial charge is 0.504 e. The summed E-state index contributed by atoms with van der Waals surface area (Å²) in [7, 11) is 1.36. The summed E-state index contributed by atoms with van der Waals surface area (Å²) in [5.41, 5.74) is -0.753. The summed E-state index contributed by atoms with van der Waals surface area (Å²) >= 11 is 5.60. The monoisotopic (exact) mass is 236 g/mol. The van der Waals surface area contributed by atoms with Crippen molar-refractivity contribution in [3.05, 3.63) is 40.6 Å². The lowest BCUT2D eigenvalue weighted by molar-refractivity contribution is -0.137. The zero-order valence-corrected chi connectivity index (χ0v) is 8.56. The summed E-state index contributed by atoms with van der Waals surface area (Å²) < 4.78 is 42.0. The highest BCUT2D eigenvalue weighted by Crippen LogP contribution is 2.33. The van der Waals surface area contributed by atoms with Gasteiger partial charge in [0, 0.05) is 5.02 Å². The number of hydrogen-bond acceptors (Lipinski definition) is 1. The molecule has 0 aliphatic heterocycles. The van der Waals surface area contributed by atoms with Crippen LogP contribution in [0.5, 0.6) is 0 Å². The minimum absolute atomic E-state index is 0.0168. The highest BCUT2D eigenvalue weighted by molar-refractivity contribution is 6.30. The fraction of sp³-hybridized carbons (Fsp3) is 0.200. The zero-order valence-electron chi connectivity index (χ0n) is 7.81. The minimum atomic E-state index is -4.39. The molecule has 0 bridgehead atoms. The van der Waals surface area contributed by atoms with Crippen molar-refractivity contribution in [3.8, 4) is 0 Å². The van der Waals surface area contributed by atoms with E-state index in [0.717, 1.165) is 6.07 Å². The second-order valence-corrected chi connectivity index (χ2v) is 3.20. The summed E-state index contributed by atoms with van der Waals surface area (Å²) in [4.78, 5) is 0. The van der Waals surface area contributed by atoms with E-state index in [4.69, 9.17) is 11.6 Å². The van der Waals surface area contributed by atoms with Gasteiger partial charge in [0.05, 0.1) is 18.9 Å². The van der Waals surface area contributed by atoms with Gasteiger partial charge in [0.2, 0.25) is 0 Å². The van der Waals surface area contributed by atoms with Gasteiger partial charge in [-0.05, 0) is 29.8 Å². The fourth-order valence-corrected chi connectivity index (χ4v) is 1.25. The third-order valence-electron chi connectivity index (χ3n) is 1.70. The van der Waals surface area contributed by atoms with Crippen LogP contribution in [-0.2, 0) is 10.9 Å². The van der Waals surface area contributed by atoms with Crippen LogP contribution in [0.4, 0.5) is 13.2 Å². The average Bonchev–Trinajstić information content (AvgIpc) is 2.12. The summed E-state index contributed by atoms with van der Waals surface area (Å²) in [5.74, 6) is 0. The van der Waals surface area contributed by atoms with Crippen molar-refractivity contribution in [1.82, 2.24) is 0 Å². The molecule has 15 heavy (non-hydrogen) atoms. The van der Waals surface area contributed by atoms with E-state index < -0.39 is 11.7 Å². The molecule has 0 heterocycles. The van der Waals surface area contributed by atoms with E-state index in [-0.39, 0.29) is 10.6 Å². The van der Waals surface area contributed by atoms with Crippen LogP contribution in [0.25, 0.3) is 6.08 Å². The molecule has 0 aromatic heterocycles. The van der Waals surface area contributed by atoms with Gasteiger partial charge in [0.1, 0.15) is 0 Å². The Bertz CT molecular complexity index is 371. The van der Waals surface area contributed by atoms with Gasteiger partial charge in [-0.15, -0.1) is 0 Å². The van der Waals surface area contributed by atoms with Gasteiger partial charge in [-0.2, -0.15) is 13.2 Å². The Balaban J connectivity index is 3.21. The summed E-state index contributed by atoms with van der Waals surface area (Å²) in [6.45, 7) is 0. The first-order chi connectivity index (χ1) is 6.95. The molecule has 1 aromatic rings. The predicted octanol–water partition coefficient (Wildman–Crippen LogP) is 3.98. The third-order valence-corrected chi connectivity index (χ3v) is 1.94. The standard InChI is InChI=1S/C10H8ClF3O/c1-15-5-4-7-6-8(11)2-3-9(7)10(12,13)14/h2-6H,1H3/b5-4+. The molecule has 0 saturated heterocycles. The maximum absolute atomic E-state index is 12.5. The van der Waals surface area contributed by atoms with Gasteiger partial charge >= 0.3 is 6.18 Å². The van der Waals surface area contributed by atoms with E-state index in [1.165, 1.54) is 31.6 Å². The van der Waals surface area contributed by atoms with Crippen molar-refractivity contribution in [1.29, 1.82) is 0 Å². The quantitative estimate of drug-likeness (QED) is 0.706. The lowest BCUT2D eigenvalue weighted by Gasteiger charge is -2.10. The van der Waals surface area contributed by atoms with Crippen LogP contribution in [0.15, 0.2) is 24.5 Å². The Kier molecular flexibility index (Phi) is 3.63. The average molecular weight is 237 g/mol. The van der Waals surface area contributed by atoms with E-state index >= 15 is 0 Å². The van der Waals surface area contributed by atoms with Crippen molar-refractivity contribution in [2.45, 2.75) is 6.18 Å². The Labute approximate surface area is 90.1 Å². The number of benzene rings is 1.